The Bertz CT molecular complexity index is 1510. The largest absolute Gasteiger partial charge is 0.321 e. The molecule has 1 aromatic carbocycles. The lowest BCUT2D eigenvalue weighted by molar-refractivity contribution is -0.117. The lowest BCUT2D eigenvalue weighted by atomic mass is 10.3. The van der Waals surface area contributed by atoms with Crippen LogP contribution in [0.25, 0.3) is 5.65 Å². The number of allylic oxidation sites excluding steroid dienone is 4. The van der Waals surface area contributed by atoms with Crippen LogP contribution in [0.3, 0.4) is 0 Å². The quantitative estimate of drug-likeness (QED) is 0.301. The summed E-state index contributed by atoms with van der Waals surface area (Å²) >= 11 is 1.47. The highest BCUT2D eigenvalue weighted by Gasteiger charge is 2.30. The summed E-state index contributed by atoms with van der Waals surface area (Å²) in [6.45, 7) is 4.33. The number of fused-ring (bicyclic) bond motifs is 1. The zero-order valence-electron chi connectivity index (χ0n) is 20.6. The Hall–Kier alpha value is -4.18. The van der Waals surface area contributed by atoms with Gasteiger partial charge in [-0.25, -0.2) is 9.50 Å². The number of imidazole rings is 1. The van der Waals surface area contributed by atoms with Gasteiger partial charge in [0.1, 0.15) is 10.7 Å². The van der Waals surface area contributed by atoms with E-state index in [9.17, 15) is 9.59 Å². The van der Waals surface area contributed by atoms with E-state index in [2.05, 4.69) is 25.8 Å². The zero-order valence-corrected chi connectivity index (χ0v) is 21.4. The number of benzene rings is 1. The Labute approximate surface area is 218 Å². The van der Waals surface area contributed by atoms with E-state index in [4.69, 9.17) is 0 Å². The van der Waals surface area contributed by atoms with Gasteiger partial charge >= 0.3 is 0 Å². The fraction of sp³-hybridized carbons (Fsp3) is 0.222. The van der Waals surface area contributed by atoms with Gasteiger partial charge < -0.3 is 10.6 Å². The Kier molecular flexibility index (Phi) is 7.18. The van der Waals surface area contributed by atoms with Crippen LogP contribution in [0, 0.1) is 12.8 Å². The van der Waals surface area contributed by atoms with Gasteiger partial charge in [-0.05, 0) is 63.1 Å². The summed E-state index contributed by atoms with van der Waals surface area (Å²) in [7, 11) is 0. The Balaban J connectivity index is 1.26. The monoisotopic (exact) mass is 513 g/mol. The second-order valence-corrected chi connectivity index (χ2v) is 9.85. The van der Waals surface area contributed by atoms with E-state index >= 15 is 0 Å². The molecule has 1 saturated carbocycles. The molecule has 3 aromatic heterocycles. The predicted octanol–water partition coefficient (Wildman–Crippen LogP) is 5.12. The number of carbonyl (C=O) groups is 2. The molecule has 9 nitrogen and oxygen atoms in total. The standard InChI is InChI=1S/C27H27N7O2S/c1-3-4-5-6-14-33-22(15-18(2)31-33)27(36)28-20-8-7-9-21(16-20)37-25-13-12-24-29-23(17-34(24)32-25)30-26(35)19-10-11-19/h3-9,12-13,15-17,19H,10-11,14H2,1-2H3,(H,28,36)(H,30,35)/b4-3-,6-5-. The minimum atomic E-state index is -0.221. The van der Waals surface area contributed by atoms with Crippen LogP contribution in [-0.2, 0) is 11.3 Å². The molecule has 4 aromatic rings. The van der Waals surface area contributed by atoms with Crippen LogP contribution in [0.1, 0.15) is 35.9 Å². The molecule has 3 heterocycles. The third-order valence-corrected chi connectivity index (χ3v) is 6.58. The molecule has 0 unspecified atom stereocenters. The number of carbonyl (C=O) groups excluding carboxylic acids is 2. The maximum absolute atomic E-state index is 13.0. The van der Waals surface area contributed by atoms with Crippen LogP contribution >= 0.6 is 11.8 Å². The third kappa shape index (κ3) is 6.15. The van der Waals surface area contributed by atoms with E-state index in [1.165, 1.54) is 11.8 Å². The van der Waals surface area contributed by atoms with Crippen LogP contribution in [0.2, 0.25) is 0 Å². The lowest BCUT2D eigenvalue weighted by Crippen LogP contribution is -2.17. The molecule has 37 heavy (non-hydrogen) atoms. The van der Waals surface area contributed by atoms with Crippen LogP contribution < -0.4 is 10.6 Å². The number of hydrogen-bond acceptors (Lipinski definition) is 6. The number of hydrogen-bond donors (Lipinski definition) is 2. The number of amides is 2. The summed E-state index contributed by atoms with van der Waals surface area (Å²) < 4.78 is 3.35. The molecule has 2 amide bonds. The van der Waals surface area contributed by atoms with Gasteiger partial charge in [-0.15, -0.1) is 0 Å². The average molecular weight is 514 g/mol. The van der Waals surface area contributed by atoms with Crippen molar-refractivity contribution in [3.8, 4) is 0 Å². The molecule has 1 fully saturated rings. The molecule has 2 N–H and O–H groups in total. The van der Waals surface area contributed by atoms with Crippen molar-refractivity contribution in [2.45, 2.75) is 43.2 Å². The first-order chi connectivity index (χ1) is 18.0. The number of aromatic nitrogens is 5. The Morgan fingerprint density at radius 1 is 1.11 bits per heavy atom. The zero-order chi connectivity index (χ0) is 25.8. The van der Waals surface area contributed by atoms with Gasteiger partial charge in [0, 0.05) is 16.5 Å². The summed E-state index contributed by atoms with van der Waals surface area (Å²) in [5.41, 5.74) is 2.62. The highest BCUT2D eigenvalue weighted by molar-refractivity contribution is 7.99. The first-order valence-corrected chi connectivity index (χ1v) is 12.9. The molecule has 10 heteroatoms. The first kappa shape index (κ1) is 24.5. The van der Waals surface area contributed by atoms with Crippen LogP contribution in [0.5, 0.6) is 0 Å². The molecule has 1 aliphatic carbocycles. The summed E-state index contributed by atoms with van der Waals surface area (Å²) in [5, 5.41) is 15.6. The molecule has 5 rings (SSSR count). The number of nitrogens with zero attached hydrogens (tertiary/aromatic N) is 5. The molecule has 1 aliphatic rings. The van der Waals surface area contributed by atoms with Gasteiger partial charge in [-0.3, -0.25) is 14.3 Å². The van der Waals surface area contributed by atoms with Gasteiger partial charge in [0.2, 0.25) is 5.91 Å². The van der Waals surface area contributed by atoms with Gasteiger partial charge in [0.05, 0.1) is 18.4 Å². The van der Waals surface area contributed by atoms with Crippen molar-refractivity contribution in [3.05, 3.63) is 84.4 Å². The predicted molar refractivity (Wildman–Crippen MR) is 144 cm³/mol. The molecule has 0 saturated heterocycles. The number of nitrogens with one attached hydrogen (secondary N) is 2. The van der Waals surface area contributed by atoms with Gasteiger partial charge in [0.25, 0.3) is 5.91 Å². The highest BCUT2D eigenvalue weighted by Crippen LogP contribution is 2.31. The molecule has 0 atom stereocenters. The summed E-state index contributed by atoms with van der Waals surface area (Å²) in [6.07, 6.45) is 11.4. The molecule has 0 spiro atoms. The minimum absolute atomic E-state index is 0.0141. The Morgan fingerprint density at radius 3 is 2.78 bits per heavy atom. The lowest BCUT2D eigenvalue weighted by Gasteiger charge is -2.08. The number of aryl methyl sites for hydroxylation is 1. The molecule has 0 bridgehead atoms. The molecular formula is C27H27N7O2S. The Morgan fingerprint density at radius 2 is 1.97 bits per heavy atom. The van der Waals surface area contributed by atoms with Crippen molar-refractivity contribution in [2.75, 3.05) is 10.6 Å². The number of anilines is 2. The van der Waals surface area contributed by atoms with E-state index in [-0.39, 0.29) is 17.7 Å². The van der Waals surface area contributed by atoms with Crippen molar-refractivity contribution >= 4 is 40.7 Å². The van der Waals surface area contributed by atoms with Gasteiger partial charge in [0.15, 0.2) is 11.5 Å². The van der Waals surface area contributed by atoms with E-state index in [0.717, 1.165) is 28.5 Å². The van der Waals surface area contributed by atoms with Crippen LogP contribution in [0.15, 0.2) is 82.9 Å². The van der Waals surface area contributed by atoms with Crippen molar-refractivity contribution in [1.29, 1.82) is 0 Å². The van der Waals surface area contributed by atoms with E-state index in [0.29, 0.717) is 29.4 Å². The van der Waals surface area contributed by atoms with Crippen molar-refractivity contribution < 1.29 is 9.59 Å². The first-order valence-electron chi connectivity index (χ1n) is 12.1. The summed E-state index contributed by atoms with van der Waals surface area (Å²) in [5.74, 6) is 0.408. The highest BCUT2D eigenvalue weighted by atomic mass is 32.2. The molecule has 0 aliphatic heterocycles. The van der Waals surface area contributed by atoms with E-state index < -0.39 is 0 Å². The second-order valence-electron chi connectivity index (χ2n) is 8.76. The van der Waals surface area contributed by atoms with Crippen molar-refractivity contribution in [2.24, 2.45) is 5.92 Å². The second kappa shape index (κ2) is 10.8. The fourth-order valence-electron chi connectivity index (χ4n) is 3.72. The number of rotatable bonds is 9. The average Bonchev–Trinajstić information content (AvgIpc) is 3.55. The maximum Gasteiger partial charge on any atom is 0.273 e. The minimum Gasteiger partial charge on any atom is -0.321 e. The fourth-order valence-corrected chi connectivity index (χ4v) is 4.56. The topological polar surface area (TPSA) is 106 Å². The maximum atomic E-state index is 13.0. The summed E-state index contributed by atoms with van der Waals surface area (Å²) in [4.78, 5) is 30.4. The van der Waals surface area contributed by atoms with Crippen LogP contribution in [0.4, 0.5) is 11.5 Å². The normalized spacial score (nSPS) is 13.6. The third-order valence-electron chi connectivity index (χ3n) is 5.66. The van der Waals surface area contributed by atoms with Crippen LogP contribution in [-0.4, -0.2) is 36.2 Å². The smallest absolute Gasteiger partial charge is 0.273 e. The van der Waals surface area contributed by atoms with Gasteiger partial charge in [-0.1, -0.05) is 42.1 Å². The van der Waals surface area contributed by atoms with E-state index in [1.807, 2.05) is 74.5 Å². The summed E-state index contributed by atoms with van der Waals surface area (Å²) in [6, 6.07) is 13.1. The molecule has 188 valence electrons. The SMILES string of the molecule is C/C=C\C=C/Cn1nc(C)cc1C(=O)Nc1cccc(Sc2ccc3nc(NC(=O)C4CC4)cn3n2)c1. The van der Waals surface area contributed by atoms with Crippen molar-refractivity contribution in [1.82, 2.24) is 24.4 Å². The van der Waals surface area contributed by atoms with E-state index in [1.54, 1.807) is 21.5 Å². The van der Waals surface area contributed by atoms with Crippen molar-refractivity contribution in [3.63, 3.8) is 0 Å². The molecular weight excluding hydrogens is 486 g/mol. The van der Waals surface area contributed by atoms with Gasteiger partial charge in [-0.2, -0.15) is 10.2 Å². The molecule has 0 radical (unpaired) electrons.